The van der Waals surface area contributed by atoms with Crippen LogP contribution in [-0.2, 0) is 23.9 Å². The van der Waals surface area contributed by atoms with Gasteiger partial charge in [-0.2, -0.15) is 18.4 Å². The minimum absolute atomic E-state index is 0.153. The van der Waals surface area contributed by atoms with E-state index in [0.29, 0.717) is 28.8 Å². The van der Waals surface area contributed by atoms with Crippen molar-refractivity contribution in [3.05, 3.63) is 117 Å². The van der Waals surface area contributed by atoms with Crippen LogP contribution in [0, 0.1) is 23.0 Å². The number of aliphatic carboxylic acids is 1. The third-order valence-electron chi connectivity index (χ3n) is 5.83. The fraction of sp³-hybridized carbons (Fsp3) is 0.107. The average molecular weight is 524 g/mol. The van der Waals surface area contributed by atoms with Gasteiger partial charge >= 0.3 is 12.1 Å². The normalized spacial score (nSPS) is 11.3. The number of alkyl halides is 3. The molecule has 0 saturated carbocycles. The number of hydrogen-bond acceptors (Lipinski definition) is 3. The zero-order valence-electron chi connectivity index (χ0n) is 19.4. The van der Waals surface area contributed by atoms with Crippen molar-refractivity contribution in [1.29, 1.82) is 5.26 Å². The summed E-state index contributed by atoms with van der Waals surface area (Å²) in [5, 5.41) is 18.4. The van der Waals surface area contributed by atoms with Crippen molar-refractivity contribution < 1.29 is 31.9 Å². The van der Waals surface area contributed by atoms with Crippen molar-refractivity contribution in [3.63, 3.8) is 0 Å². The predicted molar refractivity (Wildman–Crippen MR) is 128 cm³/mol. The maximum atomic E-state index is 14.4. The Morgan fingerprint density at radius 1 is 0.921 bits per heavy atom. The molecule has 0 fully saturated rings. The molecule has 1 N–H and O–H groups in total. The summed E-state index contributed by atoms with van der Waals surface area (Å²) in [5.41, 5.74) is -2.54. The van der Waals surface area contributed by atoms with Gasteiger partial charge < -0.3 is 9.67 Å². The third-order valence-corrected chi connectivity index (χ3v) is 5.83. The van der Waals surface area contributed by atoms with Gasteiger partial charge in [-0.1, -0.05) is 48.5 Å². The Hall–Kier alpha value is -4.78. The number of pyridine rings is 1. The summed E-state index contributed by atoms with van der Waals surface area (Å²) < 4.78 is 70.1. The van der Waals surface area contributed by atoms with Crippen LogP contribution in [0.3, 0.4) is 0 Å². The molecule has 0 amide bonds. The number of aromatic nitrogens is 1. The highest BCUT2D eigenvalue weighted by Crippen LogP contribution is 2.35. The minimum atomic E-state index is -5.03. The molecule has 0 unspecified atom stereocenters. The van der Waals surface area contributed by atoms with E-state index in [9.17, 15) is 36.8 Å². The molecule has 0 aliphatic carbocycles. The molecule has 0 radical (unpaired) electrons. The molecule has 5 nitrogen and oxygen atoms in total. The number of hydrogen-bond donors (Lipinski definition) is 1. The maximum Gasteiger partial charge on any atom is 0.417 e. The maximum absolute atomic E-state index is 14.4. The Labute approximate surface area is 212 Å². The van der Waals surface area contributed by atoms with E-state index < -0.39 is 47.0 Å². The van der Waals surface area contributed by atoms with E-state index in [1.165, 1.54) is 24.3 Å². The third kappa shape index (κ3) is 5.47. The highest BCUT2D eigenvalue weighted by molar-refractivity contribution is 5.75. The first-order chi connectivity index (χ1) is 18.0. The first-order valence-corrected chi connectivity index (χ1v) is 11.1. The van der Waals surface area contributed by atoms with Crippen LogP contribution in [0.15, 0.2) is 77.6 Å². The zero-order valence-corrected chi connectivity index (χ0v) is 19.4. The number of carboxylic acid groups (broad SMARTS) is 1. The van der Waals surface area contributed by atoms with Crippen molar-refractivity contribution in [3.8, 4) is 28.5 Å². The van der Waals surface area contributed by atoms with Gasteiger partial charge in [0.1, 0.15) is 23.3 Å². The fourth-order valence-electron chi connectivity index (χ4n) is 4.09. The molecule has 0 aliphatic heterocycles. The summed E-state index contributed by atoms with van der Waals surface area (Å²) >= 11 is 0. The summed E-state index contributed by atoms with van der Waals surface area (Å²) in [5.74, 6) is -2.92. The van der Waals surface area contributed by atoms with Gasteiger partial charge in [-0.25, -0.2) is 8.78 Å². The van der Waals surface area contributed by atoms with E-state index in [4.69, 9.17) is 5.11 Å². The number of carboxylic acids is 1. The van der Waals surface area contributed by atoms with Crippen LogP contribution in [0.1, 0.15) is 22.3 Å². The molecule has 0 bridgehead atoms. The van der Waals surface area contributed by atoms with Gasteiger partial charge in [0.05, 0.1) is 24.2 Å². The molecule has 0 saturated heterocycles. The monoisotopic (exact) mass is 524 g/mol. The number of carbonyl (C=O) groups is 1. The Morgan fingerprint density at radius 2 is 1.58 bits per heavy atom. The van der Waals surface area contributed by atoms with Crippen LogP contribution in [0.25, 0.3) is 22.4 Å². The van der Waals surface area contributed by atoms with E-state index in [1.807, 2.05) is 0 Å². The second-order valence-corrected chi connectivity index (χ2v) is 8.41. The van der Waals surface area contributed by atoms with Gasteiger partial charge in [0.2, 0.25) is 0 Å². The molecule has 1 heterocycles. The summed E-state index contributed by atoms with van der Waals surface area (Å²) in [6.45, 7) is -0.564. The summed E-state index contributed by atoms with van der Waals surface area (Å²) in [4.78, 5) is 24.2. The molecular weight excluding hydrogens is 507 g/mol. The number of benzene rings is 3. The lowest BCUT2D eigenvalue weighted by Crippen LogP contribution is -2.29. The van der Waals surface area contributed by atoms with Crippen molar-refractivity contribution in [2.24, 2.45) is 0 Å². The number of halogens is 5. The highest BCUT2D eigenvalue weighted by Gasteiger charge is 2.36. The van der Waals surface area contributed by atoms with Gasteiger partial charge in [0.15, 0.2) is 0 Å². The second-order valence-electron chi connectivity index (χ2n) is 8.41. The molecule has 0 aliphatic rings. The molecule has 38 heavy (non-hydrogen) atoms. The van der Waals surface area contributed by atoms with E-state index in [0.717, 1.165) is 16.7 Å². The van der Waals surface area contributed by atoms with Gasteiger partial charge in [0, 0.05) is 11.6 Å². The van der Waals surface area contributed by atoms with E-state index in [2.05, 4.69) is 0 Å². The van der Waals surface area contributed by atoms with Crippen molar-refractivity contribution in [2.45, 2.75) is 19.1 Å². The number of nitriles is 1. The number of rotatable bonds is 6. The van der Waals surface area contributed by atoms with Crippen LogP contribution in [0.2, 0.25) is 0 Å². The Kier molecular flexibility index (Phi) is 7.12. The van der Waals surface area contributed by atoms with Crippen molar-refractivity contribution >= 4 is 5.97 Å². The molecule has 192 valence electrons. The predicted octanol–water partition coefficient (Wildman–Crippen LogP) is 6.03. The topological polar surface area (TPSA) is 83.1 Å². The zero-order chi connectivity index (χ0) is 27.6. The lowest BCUT2D eigenvalue weighted by Gasteiger charge is -2.18. The lowest BCUT2D eigenvalue weighted by atomic mass is 9.97. The van der Waals surface area contributed by atoms with Crippen LogP contribution >= 0.6 is 0 Å². The Morgan fingerprint density at radius 3 is 2.21 bits per heavy atom. The summed E-state index contributed by atoms with van der Waals surface area (Å²) in [6, 6.07) is 17.2. The van der Waals surface area contributed by atoms with Crippen LogP contribution in [0.5, 0.6) is 0 Å². The minimum Gasteiger partial charge on any atom is -0.481 e. The molecular formula is C28H17F5N2O3. The van der Waals surface area contributed by atoms with E-state index in [1.54, 1.807) is 30.3 Å². The van der Waals surface area contributed by atoms with Crippen LogP contribution < -0.4 is 5.56 Å². The van der Waals surface area contributed by atoms with Gasteiger partial charge in [0.25, 0.3) is 5.56 Å². The molecule has 1 aromatic heterocycles. The van der Waals surface area contributed by atoms with Gasteiger partial charge in [-0.15, -0.1) is 0 Å². The van der Waals surface area contributed by atoms with Crippen molar-refractivity contribution in [2.75, 3.05) is 0 Å². The molecule has 4 aromatic rings. The Bertz CT molecular complexity index is 1650. The molecule has 4 rings (SSSR count). The molecule has 0 spiro atoms. The SMILES string of the molecule is N#Cc1c(C(F)(F)F)cc(-c2cccc(-c3cccc(CC(=O)O)c3)c2)n(Cc2ccc(F)cc2F)c1=O. The Balaban J connectivity index is 1.93. The summed E-state index contributed by atoms with van der Waals surface area (Å²) in [6.07, 6.45) is -5.26. The van der Waals surface area contributed by atoms with Gasteiger partial charge in [-0.3, -0.25) is 9.59 Å². The first kappa shape index (κ1) is 26.3. The van der Waals surface area contributed by atoms with Crippen molar-refractivity contribution in [1.82, 2.24) is 4.57 Å². The van der Waals surface area contributed by atoms with E-state index in [-0.39, 0.29) is 23.2 Å². The smallest absolute Gasteiger partial charge is 0.417 e. The molecule has 3 aromatic carbocycles. The van der Waals surface area contributed by atoms with Crippen LogP contribution in [0.4, 0.5) is 22.0 Å². The van der Waals surface area contributed by atoms with Gasteiger partial charge in [-0.05, 0) is 40.5 Å². The summed E-state index contributed by atoms with van der Waals surface area (Å²) in [7, 11) is 0. The largest absolute Gasteiger partial charge is 0.481 e. The molecule has 10 heteroatoms. The quantitative estimate of drug-likeness (QED) is 0.313. The second kappa shape index (κ2) is 10.3. The van der Waals surface area contributed by atoms with E-state index >= 15 is 0 Å². The first-order valence-electron chi connectivity index (χ1n) is 11.1. The average Bonchev–Trinajstić information content (AvgIpc) is 2.85. The lowest BCUT2D eigenvalue weighted by molar-refractivity contribution is -0.138. The molecule has 0 atom stereocenters. The highest BCUT2D eigenvalue weighted by atomic mass is 19.4. The standard InChI is InChI=1S/C28H17F5N2O3/c29-21-8-7-20(24(30)12-21)15-35-25(13-23(28(31,32)33)22(14-34)27(35)38)19-6-2-5-18(11-19)17-4-1-3-16(9-17)10-26(36)37/h1-9,11-13H,10,15H2,(H,36,37). The van der Waals surface area contributed by atoms with Crippen LogP contribution in [-0.4, -0.2) is 15.6 Å². The fourth-order valence-corrected chi connectivity index (χ4v) is 4.09. The number of nitrogens with zero attached hydrogens (tertiary/aromatic N) is 2.